The van der Waals surface area contributed by atoms with Gasteiger partial charge < -0.3 is 14.2 Å². The van der Waals surface area contributed by atoms with Crippen molar-refractivity contribution in [1.82, 2.24) is 0 Å². The lowest BCUT2D eigenvalue weighted by Crippen LogP contribution is -2.38. The molecule has 0 saturated carbocycles. The highest BCUT2D eigenvalue weighted by Gasteiger charge is 2.31. The van der Waals surface area contributed by atoms with Crippen LogP contribution in [0.15, 0.2) is 41.3 Å². The normalized spacial score (nSPS) is 16.3. The van der Waals surface area contributed by atoms with Crippen LogP contribution in [-0.4, -0.2) is 34.8 Å². The predicted octanol–water partition coefficient (Wildman–Crippen LogP) is 2.70. The van der Waals surface area contributed by atoms with Crippen LogP contribution in [-0.2, 0) is 10.0 Å². The van der Waals surface area contributed by atoms with Crippen molar-refractivity contribution in [2.75, 3.05) is 30.7 Å². The van der Waals surface area contributed by atoms with Gasteiger partial charge in [-0.2, -0.15) is 0 Å². The van der Waals surface area contributed by atoms with Gasteiger partial charge in [0.1, 0.15) is 25.6 Å². The molecule has 24 heavy (non-hydrogen) atoms. The quantitative estimate of drug-likeness (QED) is 0.816. The van der Waals surface area contributed by atoms with Gasteiger partial charge in [0.05, 0.1) is 17.1 Å². The summed E-state index contributed by atoms with van der Waals surface area (Å²) in [6.07, 6.45) is 0. The zero-order valence-corrected chi connectivity index (χ0v) is 14.1. The number of anilines is 1. The Morgan fingerprint density at radius 1 is 0.875 bits per heavy atom. The summed E-state index contributed by atoms with van der Waals surface area (Å²) in [7, 11) is -3.77. The number of rotatable bonds is 2. The summed E-state index contributed by atoms with van der Waals surface area (Å²) in [4.78, 5) is 0.138. The van der Waals surface area contributed by atoms with E-state index < -0.39 is 10.0 Å². The van der Waals surface area contributed by atoms with Gasteiger partial charge in [0.25, 0.3) is 10.0 Å². The molecule has 8 heteroatoms. The first-order valence-electron chi connectivity index (χ1n) is 7.40. The Morgan fingerprint density at radius 2 is 1.58 bits per heavy atom. The molecule has 2 aromatic rings. The third-order valence-corrected chi connectivity index (χ3v) is 5.89. The molecule has 2 aliphatic rings. The topological polar surface area (TPSA) is 65.1 Å². The minimum atomic E-state index is -3.77. The maximum atomic E-state index is 13.1. The van der Waals surface area contributed by atoms with Gasteiger partial charge in [-0.15, -0.1) is 0 Å². The van der Waals surface area contributed by atoms with E-state index in [9.17, 15) is 8.42 Å². The molecule has 0 spiro atoms. The average Bonchev–Trinajstić information content (AvgIpc) is 2.60. The minimum Gasteiger partial charge on any atom is -0.489 e. The third kappa shape index (κ3) is 2.53. The lowest BCUT2D eigenvalue weighted by Gasteiger charge is -2.30. The van der Waals surface area contributed by atoms with E-state index in [1.807, 2.05) is 0 Å². The summed E-state index contributed by atoms with van der Waals surface area (Å²) in [5, 5.41) is 0.446. The molecule has 0 fully saturated rings. The summed E-state index contributed by atoms with van der Waals surface area (Å²) < 4.78 is 43.9. The van der Waals surface area contributed by atoms with E-state index in [4.69, 9.17) is 25.8 Å². The van der Waals surface area contributed by atoms with Crippen molar-refractivity contribution in [3.8, 4) is 17.2 Å². The monoisotopic (exact) mass is 367 g/mol. The molecule has 0 amide bonds. The number of hydrogen-bond acceptors (Lipinski definition) is 5. The van der Waals surface area contributed by atoms with Gasteiger partial charge in [-0.05, 0) is 30.3 Å². The lowest BCUT2D eigenvalue weighted by molar-refractivity contribution is 0.171. The zero-order valence-electron chi connectivity index (χ0n) is 12.6. The second-order valence-electron chi connectivity index (χ2n) is 5.34. The van der Waals surface area contributed by atoms with Crippen molar-refractivity contribution in [2.45, 2.75) is 4.90 Å². The van der Waals surface area contributed by atoms with Gasteiger partial charge in [-0.25, -0.2) is 8.42 Å². The smallest absolute Gasteiger partial charge is 0.264 e. The molecule has 0 atom stereocenters. The summed E-state index contributed by atoms with van der Waals surface area (Å²) in [5.41, 5.74) is 0.434. The predicted molar refractivity (Wildman–Crippen MR) is 88.9 cm³/mol. The molecule has 0 bridgehead atoms. The van der Waals surface area contributed by atoms with Crippen molar-refractivity contribution in [3.05, 3.63) is 41.4 Å². The Hall–Kier alpha value is -2.12. The van der Waals surface area contributed by atoms with Crippen LogP contribution < -0.4 is 18.5 Å². The number of benzene rings is 2. The first kappa shape index (κ1) is 15.4. The maximum Gasteiger partial charge on any atom is 0.264 e. The largest absolute Gasteiger partial charge is 0.489 e. The molecule has 0 radical (unpaired) electrons. The van der Waals surface area contributed by atoms with Crippen LogP contribution in [0.5, 0.6) is 17.2 Å². The van der Waals surface area contributed by atoms with Crippen LogP contribution in [0.4, 0.5) is 5.69 Å². The fraction of sp³-hybridized carbons (Fsp3) is 0.250. The maximum absolute atomic E-state index is 13.1. The van der Waals surface area contributed by atoms with Gasteiger partial charge in [0, 0.05) is 11.1 Å². The SMILES string of the molecule is O=S(=O)(c1ccc2c(c1)OCCO2)N1CCOc2ccc(Cl)cc21. The molecule has 126 valence electrons. The van der Waals surface area contributed by atoms with Crippen LogP contribution >= 0.6 is 11.6 Å². The lowest BCUT2D eigenvalue weighted by atomic mass is 10.2. The number of ether oxygens (including phenoxy) is 3. The van der Waals surface area contributed by atoms with Gasteiger partial charge in [0.2, 0.25) is 0 Å². The Bertz CT molecular complexity index is 899. The van der Waals surface area contributed by atoms with E-state index >= 15 is 0 Å². The molecular formula is C16H14ClNO5S. The summed E-state index contributed by atoms with van der Waals surface area (Å²) >= 11 is 6.02. The Kier molecular flexibility index (Phi) is 3.69. The van der Waals surface area contributed by atoms with E-state index in [1.54, 1.807) is 24.3 Å². The van der Waals surface area contributed by atoms with Crippen LogP contribution in [0.25, 0.3) is 0 Å². The van der Waals surface area contributed by atoms with Gasteiger partial charge in [-0.3, -0.25) is 4.31 Å². The number of fused-ring (bicyclic) bond motifs is 2. The highest BCUT2D eigenvalue weighted by molar-refractivity contribution is 7.92. The van der Waals surface area contributed by atoms with E-state index in [0.29, 0.717) is 41.2 Å². The van der Waals surface area contributed by atoms with E-state index in [-0.39, 0.29) is 18.0 Å². The highest BCUT2D eigenvalue weighted by Crippen LogP contribution is 2.39. The number of halogens is 1. The molecule has 0 unspecified atom stereocenters. The zero-order chi connectivity index (χ0) is 16.7. The van der Waals surface area contributed by atoms with Gasteiger partial charge in [-0.1, -0.05) is 11.6 Å². The first-order chi connectivity index (χ1) is 11.6. The molecule has 2 aliphatic heterocycles. The molecule has 2 aromatic carbocycles. The minimum absolute atomic E-state index is 0.138. The molecule has 0 aromatic heterocycles. The average molecular weight is 368 g/mol. The first-order valence-corrected chi connectivity index (χ1v) is 9.22. The second kappa shape index (κ2) is 5.75. The van der Waals surface area contributed by atoms with E-state index in [2.05, 4.69) is 0 Å². The van der Waals surface area contributed by atoms with Crippen LogP contribution in [0.1, 0.15) is 0 Å². The van der Waals surface area contributed by atoms with Crippen molar-refractivity contribution >= 4 is 27.3 Å². The summed E-state index contributed by atoms with van der Waals surface area (Å²) in [5.74, 6) is 1.47. The Balaban J connectivity index is 1.78. The second-order valence-corrected chi connectivity index (χ2v) is 7.64. The summed E-state index contributed by atoms with van der Waals surface area (Å²) in [6, 6.07) is 9.54. The number of sulfonamides is 1. The highest BCUT2D eigenvalue weighted by atomic mass is 35.5. The fourth-order valence-corrected chi connectivity index (χ4v) is 4.36. The number of nitrogens with zero attached hydrogens (tertiary/aromatic N) is 1. The third-order valence-electron chi connectivity index (χ3n) is 3.84. The summed E-state index contributed by atoms with van der Waals surface area (Å²) in [6.45, 7) is 1.34. The van der Waals surface area contributed by atoms with Crippen molar-refractivity contribution in [3.63, 3.8) is 0 Å². The standard InChI is InChI=1S/C16H14ClNO5S/c17-11-1-3-14-13(9-11)18(5-6-21-14)24(19,20)12-2-4-15-16(10-12)23-8-7-22-15/h1-4,9-10H,5-8H2. The molecular weight excluding hydrogens is 354 g/mol. The van der Waals surface area contributed by atoms with E-state index in [0.717, 1.165) is 0 Å². The van der Waals surface area contributed by atoms with Gasteiger partial charge >= 0.3 is 0 Å². The van der Waals surface area contributed by atoms with Crippen LogP contribution in [0.3, 0.4) is 0 Å². The molecule has 0 aliphatic carbocycles. The molecule has 4 rings (SSSR count). The van der Waals surface area contributed by atoms with Gasteiger partial charge in [0.15, 0.2) is 11.5 Å². The molecule has 6 nitrogen and oxygen atoms in total. The van der Waals surface area contributed by atoms with Crippen molar-refractivity contribution in [2.24, 2.45) is 0 Å². The number of hydrogen-bond donors (Lipinski definition) is 0. The fourth-order valence-electron chi connectivity index (χ4n) is 2.73. The Morgan fingerprint density at radius 3 is 2.42 bits per heavy atom. The van der Waals surface area contributed by atoms with Crippen LogP contribution in [0.2, 0.25) is 5.02 Å². The van der Waals surface area contributed by atoms with Crippen molar-refractivity contribution in [1.29, 1.82) is 0 Å². The molecule has 0 saturated heterocycles. The Labute approximate surface area is 144 Å². The molecule has 2 heterocycles. The van der Waals surface area contributed by atoms with Crippen molar-refractivity contribution < 1.29 is 22.6 Å². The van der Waals surface area contributed by atoms with Crippen LogP contribution in [0, 0.1) is 0 Å². The van der Waals surface area contributed by atoms with E-state index in [1.165, 1.54) is 16.4 Å². The molecule has 0 N–H and O–H groups in total.